The van der Waals surface area contributed by atoms with Crippen LogP contribution in [0, 0.1) is 0 Å². The molecule has 1 atom stereocenters. The molecule has 1 aliphatic rings. The molecule has 0 aliphatic carbocycles. The minimum atomic E-state index is 0.153. The lowest BCUT2D eigenvalue weighted by atomic mass is 9.87. The number of hydrogen-bond donors (Lipinski definition) is 1. The summed E-state index contributed by atoms with van der Waals surface area (Å²) in [5.74, 6) is 0.865. The van der Waals surface area contributed by atoms with Crippen LogP contribution >= 0.6 is 12.2 Å². The Kier molecular flexibility index (Phi) is 7.73. The number of nitrogens with one attached hydrogen (secondary N) is 1. The monoisotopic (exact) mass is 426 g/mol. The van der Waals surface area contributed by atoms with Crippen LogP contribution in [-0.4, -0.2) is 35.9 Å². The summed E-state index contributed by atoms with van der Waals surface area (Å²) in [7, 11) is 0. The lowest BCUT2D eigenvalue weighted by Gasteiger charge is -2.29. The molecular formula is C25H34N2O2S. The van der Waals surface area contributed by atoms with E-state index in [-0.39, 0.29) is 11.5 Å². The maximum Gasteiger partial charge on any atom is 0.173 e. The molecule has 0 amide bonds. The Morgan fingerprint density at radius 1 is 1.13 bits per heavy atom. The highest BCUT2D eigenvalue weighted by molar-refractivity contribution is 7.80. The van der Waals surface area contributed by atoms with Gasteiger partial charge in [0, 0.05) is 25.4 Å². The van der Waals surface area contributed by atoms with Crippen LogP contribution in [-0.2, 0) is 16.7 Å². The molecule has 1 saturated heterocycles. The Bertz CT molecular complexity index is 807. The smallest absolute Gasteiger partial charge is 0.173 e. The largest absolute Gasteiger partial charge is 0.494 e. The molecule has 0 spiro atoms. The van der Waals surface area contributed by atoms with E-state index in [1.54, 1.807) is 0 Å². The van der Waals surface area contributed by atoms with Gasteiger partial charge in [-0.25, -0.2) is 0 Å². The van der Waals surface area contributed by atoms with Crippen LogP contribution < -0.4 is 10.1 Å². The topological polar surface area (TPSA) is 33.7 Å². The number of rotatable bonds is 7. The minimum Gasteiger partial charge on any atom is -0.494 e. The molecular weight excluding hydrogens is 392 g/mol. The summed E-state index contributed by atoms with van der Waals surface area (Å²) >= 11 is 5.79. The summed E-state index contributed by atoms with van der Waals surface area (Å²) in [5, 5.41) is 4.10. The summed E-state index contributed by atoms with van der Waals surface area (Å²) in [4.78, 5) is 2.22. The Morgan fingerprint density at radius 3 is 2.40 bits per heavy atom. The van der Waals surface area contributed by atoms with E-state index in [1.165, 1.54) is 11.1 Å². The van der Waals surface area contributed by atoms with Gasteiger partial charge in [-0.3, -0.25) is 0 Å². The van der Waals surface area contributed by atoms with Gasteiger partial charge in [0.15, 0.2) is 5.11 Å². The highest BCUT2D eigenvalue weighted by Crippen LogP contribution is 2.23. The van der Waals surface area contributed by atoms with Crippen LogP contribution in [0.25, 0.3) is 0 Å². The average Bonchev–Trinajstić information content (AvgIpc) is 3.22. The van der Waals surface area contributed by atoms with Gasteiger partial charge in [0.25, 0.3) is 0 Å². The molecule has 0 saturated carbocycles. The zero-order chi connectivity index (χ0) is 21.6. The van der Waals surface area contributed by atoms with Crippen molar-refractivity contribution in [3.8, 4) is 5.75 Å². The lowest BCUT2D eigenvalue weighted by Crippen LogP contribution is -2.39. The van der Waals surface area contributed by atoms with E-state index < -0.39 is 0 Å². The maximum absolute atomic E-state index is 5.88. The molecule has 1 unspecified atom stereocenters. The fourth-order valence-corrected chi connectivity index (χ4v) is 3.84. The van der Waals surface area contributed by atoms with E-state index in [4.69, 9.17) is 21.7 Å². The van der Waals surface area contributed by atoms with E-state index in [9.17, 15) is 0 Å². The van der Waals surface area contributed by atoms with Crippen molar-refractivity contribution in [1.29, 1.82) is 0 Å². The van der Waals surface area contributed by atoms with E-state index in [2.05, 4.69) is 55.3 Å². The Morgan fingerprint density at radius 2 is 1.83 bits per heavy atom. The predicted molar refractivity (Wildman–Crippen MR) is 128 cm³/mol. The van der Waals surface area contributed by atoms with Gasteiger partial charge in [-0.1, -0.05) is 45.0 Å². The summed E-state index contributed by atoms with van der Waals surface area (Å²) in [6.45, 7) is 11.8. The van der Waals surface area contributed by atoms with Crippen molar-refractivity contribution in [2.45, 2.75) is 58.6 Å². The molecule has 1 fully saturated rings. The number of thiocarbonyl (C=S) groups is 1. The summed E-state index contributed by atoms with van der Waals surface area (Å²) in [5.41, 5.74) is 3.70. The van der Waals surface area contributed by atoms with Gasteiger partial charge in [-0.15, -0.1) is 0 Å². The molecule has 0 aromatic heterocycles. The van der Waals surface area contributed by atoms with Crippen LogP contribution in [0.2, 0.25) is 0 Å². The van der Waals surface area contributed by atoms with Gasteiger partial charge in [0.1, 0.15) is 5.75 Å². The summed E-state index contributed by atoms with van der Waals surface area (Å²) in [6.07, 6.45) is 2.45. The fourth-order valence-electron chi connectivity index (χ4n) is 3.59. The molecule has 0 radical (unpaired) electrons. The molecule has 2 aromatic carbocycles. The second kappa shape index (κ2) is 10.3. The number of hydrogen-bond acceptors (Lipinski definition) is 3. The third-order valence-electron chi connectivity index (χ3n) is 5.35. The van der Waals surface area contributed by atoms with Crippen molar-refractivity contribution in [2.24, 2.45) is 0 Å². The molecule has 5 heteroatoms. The van der Waals surface area contributed by atoms with Gasteiger partial charge in [0.2, 0.25) is 0 Å². The summed E-state index contributed by atoms with van der Waals surface area (Å²) in [6, 6.07) is 16.8. The molecule has 0 bridgehead atoms. The second-order valence-electron chi connectivity index (χ2n) is 8.85. The Labute approximate surface area is 186 Å². The number of benzene rings is 2. The number of anilines is 1. The van der Waals surface area contributed by atoms with Gasteiger partial charge in [-0.2, -0.15) is 0 Å². The van der Waals surface area contributed by atoms with E-state index in [0.717, 1.165) is 49.1 Å². The van der Waals surface area contributed by atoms with Crippen molar-refractivity contribution in [3.63, 3.8) is 0 Å². The third kappa shape index (κ3) is 6.44. The zero-order valence-electron chi connectivity index (χ0n) is 18.6. The molecule has 4 nitrogen and oxygen atoms in total. The minimum absolute atomic E-state index is 0.153. The van der Waals surface area contributed by atoms with Crippen LogP contribution in [0.1, 0.15) is 51.7 Å². The molecule has 1 heterocycles. The standard InChI is InChI=1S/C25H34N2O2S/c1-5-28-22-14-12-21(13-15-22)26-24(30)27(18-23-7-6-16-29-23)17-19-8-10-20(11-9-19)25(2,3)4/h8-15,23H,5-7,16-18H2,1-4H3,(H,26,30). The molecule has 1 N–H and O–H groups in total. The van der Waals surface area contributed by atoms with E-state index >= 15 is 0 Å². The molecule has 162 valence electrons. The van der Waals surface area contributed by atoms with Crippen LogP contribution in [0.4, 0.5) is 5.69 Å². The highest BCUT2D eigenvalue weighted by atomic mass is 32.1. The third-order valence-corrected chi connectivity index (χ3v) is 5.71. The van der Waals surface area contributed by atoms with E-state index in [0.29, 0.717) is 6.61 Å². The van der Waals surface area contributed by atoms with Crippen molar-refractivity contribution in [2.75, 3.05) is 25.1 Å². The first kappa shape index (κ1) is 22.6. The molecule has 2 aromatic rings. The lowest BCUT2D eigenvalue weighted by molar-refractivity contribution is 0.0905. The second-order valence-corrected chi connectivity index (χ2v) is 9.24. The highest BCUT2D eigenvalue weighted by Gasteiger charge is 2.21. The van der Waals surface area contributed by atoms with E-state index in [1.807, 2.05) is 31.2 Å². The first-order valence-corrected chi connectivity index (χ1v) is 11.3. The zero-order valence-corrected chi connectivity index (χ0v) is 19.4. The molecule has 3 rings (SSSR count). The average molecular weight is 427 g/mol. The fraction of sp³-hybridized carbons (Fsp3) is 0.480. The Hall–Kier alpha value is -2.11. The Balaban J connectivity index is 1.70. The van der Waals surface area contributed by atoms with Crippen LogP contribution in [0.15, 0.2) is 48.5 Å². The van der Waals surface area contributed by atoms with Crippen molar-refractivity contribution in [3.05, 3.63) is 59.7 Å². The van der Waals surface area contributed by atoms with Gasteiger partial charge in [0.05, 0.1) is 12.7 Å². The van der Waals surface area contributed by atoms with Crippen LogP contribution in [0.3, 0.4) is 0 Å². The molecule has 1 aliphatic heterocycles. The first-order chi connectivity index (χ1) is 14.3. The van der Waals surface area contributed by atoms with Crippen molar-refractivity contribution in [1.82, 2.24) is 4.90 Å². The van der Waals surface area contributed by atoms with Crippen molar-refractivity contribution < 1.29 is 9.47 Å². The quantitative estimate of drug-likeness (QED) is 0.569. The number of ether oxygens (including phenoxy) is 2. The van der Waals surface area contributed by atoms with Gasteiger partial charge >= 0.3 is 0 Å². The SMILES string of the molecule is CCOc1ccc(NC(=S)N(Cc2ccc(C(C)(C)C)cc2)CC2CCCO2)cc1. The first-order valence-electron chi connectivity index (χ1n) is 10.8. The normalized spacial score (nSPS) is 16.3. The van der Waals surface area contributed by atoms with Crippen molar-refractivity contribution >= 4 is 23.0 Å². The van der Waals surface area contributed by atoms with Gasteiger partial charge in [-0.05, 0) is 72.8 Å². The van der Waals surface area contributed by atoms with Gasteiger partial charge < -0.3 is 19.7 Å². The van der Waals surface area contributed by atoms with Crippen LogP contribution in [0.5, 0.6) is 5.75 Å². The predicted octanol–water partition coefficient (Wildman–Crippen LogP) is 5.76. The molecule has 30 heavy (non-hydrogen) atoms. The summed E-state index contributed by atoms with van der Waals surface area (Å²) < 4.78 is 11.4. The maximum atomic E-state index is 5.88. The number of nitrogens with zero attached hydrogens (tertiary/aromatic N) is 1.